The number of halogens is 1. The molecular formula is C15H19ClN2O3. The molecule has 5 nitrogen and oxygen atoms in total. The Morgan fingerprint density at radius 3 is 2.90 bits per heavy atom. The summed E-state index contributed by atoms with van der Waals surface area (Å²) in [6, 6.07) is 7.08. The van der Waals surface area contributed by atoms with Gasteiger partial charge in [0.25, 0.3) is 0 Å². The van der Waals surface area contributed by atoms with Gasteiger partial charge in [0.05, 0.1) is 22.9 Å². The third-order valence-electron chi connectivity index (χ3n) is 4.07. The summed E-state index contributed by atoms with van der Waals surface area (Å²) >= 11 is 6.00. The van der Waals surface area contributed by atoms with E-state index in [0.717, 1.165) is 32.4 Å². The van der Waals surface area contributed by atoms with Crippen LogP contribution in [0.2, 0.25) is 5.02 Å². The van der Waals surface area contributed by atoms with Crippen LogP contribution in [0.3, 0.4) is 0 Å². The first kappa shape index (κ1) is 14.6. The molecule has 114 valence electrons. The highest BCUT2D eigenvalue weighted by atomic mass is 35.5. The van der Waals surface area contributed by atoms with Crippen molar-refractivity contribution in [1.29, 1.82) is 0 Å². The first-order valence-electron chi connectivity index (χ1n) is 7.24. The number of benzene rings is 1. The Balaban J connectivity index is 1.53. The number of carbonyl (C=O) groups is 1. The lowest BCUT2D eigenvalue weighted by Gasteiger charge is -2.32. The molecule has 21 heavy (non-hydrogen) atoms. The topological polar surface area (TPSA) is 59.6 Å². The number of piperidine rings is 1. The van der Waals surface area contributed by atoms with Crippen LogP contribution in [0, 0.1) is 0 Å². The molecule has 1 atom stereocenters. The lowest BCUT2D eigenvalue weighted by molar-refractivity contribution is -0.0211. The zero-order chi connectivity index (χ0) is 14.7. The van der Waals surface area contributed by atoms with Gasteiger partial charge in [-0.05, 0) is 38.1 Å². The van der Waals surface area contributed by atoms with Crippen molar-refractivity contribution in [1.82, 2.24) is 5.32 Å². The summed E-state index contributed by atoms with van der Waals surface area (Å²) < 4.78 is 11.3. The molecule has 1 spiro atoms. The van der Waals surface area contributed by atoms with Crippen molar-refractivity contribution in [3.63, 3.8) is 0 Å². The Hall–Kier alpha value is -1.30. The van der Waals surface area contributed by atoms with Crippen molar-refractivity contribution >= 4 is 23.4 Å². The van der Waals surface area contributed by atoms with Gasteiger partial charge in [0.1, 0.15) is 6.10 Å². The van der Waals surface area contributed by atoms with Gasteiger partial charge in [-0.15, -0.1) is 0 Å². The van der Waals surface area contributed by atoms with E-state index in [-0.39, 0.29) is 11.7 Å². The first-order valence-corrected chi connectivity index (χ1v) is 7.62. The molecule has 2 saturated heterocycles. The summed E-state index contributed by atoms with van der Waals surface area (Å²) in [5.74, 6) is 0. The van der Waals surface area contributed by atoms with Crippen molar-refractivity contribution in [2.24, 2.45) is 0 Å². The number of ether oxygens (including phenoxy) is 2. The Morgan fingerprint density at radius 2 is 2.14 bits per heavy atom. The van der Waals surface area contributed by atoms with Crippen molar-refractivity contribution in [3.8, 4) is 0 Å². The monoisotopic (exact) mass is 310 g/mol. The van der Waals surface area contributed by atoms with Crippen molar-refractivity contribution in [3.05, 3.63) is 29.3 Å². The smallest absolute Gasteiger partial charge is 0.412 e. The quantitative estimate of drug-likeness (QED) is 0.882. The van der Waals surface area contributed by atoms with Crippen LogP contribution in [-0.4, -0.2) is 37.5 Å². The molecule has 2 aliphatic heterocycles. The van der Waals surface area contributed by atoms with Gasteiger partial charge in [-0.25, -0.2) is 4.79 Å². The molecule has 1 unspecified atom stereocenters. The third kappa shape index (κ3) is 3.48. The van der Waals surface area contributed by atoms with Crippen LogP contribution in [0.25, 0.3) is 0 Å². The Bertz CT molecular complexity index is 517. The minimum atomic E-state index is -0.484. The predicted molar refractivity (Wildman–Crippen MR) is 80.7 cm³/mol. The van der Waals surface area contributed by atoms with Gasteiger partial charge in [0, 0.05) is 6.42 Å². The zero-order valence-corrected chi connectivity index (χ0v) is 12.5. The third-order valence-corrected chi connectivity index (χ3v) is 4.40. The first-order chi connectivity index (χ1) is 10.2. The number of carbonyl (C=O) groups excluding carboxylic acids is 1. The van der Waals surface area contributed by atoms with E-state index in [0.29, 0.717) is 17.3 Å². The zero-order valence-electron chi connectivity index (χ0n) is 11.7. The molecule has 1 aromatic rings. The van der Waals surface area contributed by atoms with Crippen LogP contribution in [0.1, 0.15) is 19.3 Å². The molecule has 0 bridgehead atoms. The van der Waals surface area contributed by atoms with E-state index in [2.05, 4.69) is 10.6 Å². The van der Waals surface area contributed by atoms with E-state index in [9.17, 15) is 4.79 Å². The average molecular weight is 311 g/mol. The van der Waals surface area contributed by atoms with E-state index in [1.165, 1.54) is 0 Å². The Morgan fingerprint density at radius 1 is 1.38 bits per heavy atom. The van der Waals surface area contributed by atoms with E-state index in [4.69, 9.17) is 21.1 Å². The van der Waals surface area contributed by atoms with E-state index in [1.807, 2.05) is 12.1 Å². The molecule has 1 amide bonds. The number of hydrogen-bond donors (Lipinski definition) is 2. The average Bonchev–Trinajstić information content (AvgIpc) is 2.84. The molecule has 0 aromatic heterocycles. The summed E-state index contributed by atoms with van der Waals surface area (Å²) in [6.07, 6.45) is 2.04. The second-order valence-electron chi connectivity index (χ2n) is 5.58. The number of hydrogen-bond acceptors (Lipinski definition) is 4. The minimum absolute atomic E-state index is 0.111. The second kappa shape index (κ2) is 6.22. The molecular weight excluding hydrogens is 292 g/mol. The van der Waals surface area contributed by atoms with Crippen LogP contribution in [0.5, 0.6) is 0 Å². The lowest BCUT2D eigenvalue weighted by atomic mass is 9.89. The number of para-hydroxylation sites is 1. The highest BCUT2D eigenvalue weighted by molar-refractivity contribution is 6.33. The van der Waals surface area contributed by atoms with Crippen molar-refractivity contribution < 1.29 is 14.3 Å². The summed E-state index contributed by atoms with van der Waals surface area (Å²) in [6.45, 7) is 2.38. The molecule has 6 heteroatoms. The van der Waals surface area contributed by atoms with Crippen LogP contribution in [0.4, 0.5) is 10.5 Å². The Kier molecular flexibility index (Phi) is 4.33. The summed E-state index contributed by atoms with van der Waals surface area (Å²) in [4.78, 5) is 11.9. The molecule has 2 fully saturated rings. The fourth-order valence-corrected chi connectivity index (χ4v) is 3.15. The van der Waals surface area contributed by atoms with Crippen LogP contribution in [-0.2, 0) is 9.47 Å². The molecule has 3 rings (SSSR count). The van der Waals surface area contributed by atoms with Crippen LogP contribution >= 0.6 is 11.6 Å². The van der Waals surface area contributed by atoms with Gasteiger partial charge in [0.2, 0.25) is 0 Å². The number of amides is 1. The summed E-state index contributed by atoms with van der Waals surface area (Å²) in [5.41, 5.74) is 0.445. The van der Waals surface area contributed by atoms with Crippen LogP contribution < -0.4 is 10.6 Å². The number of rotatable bonds is 2. The fourth-order valence-electron chi connectivity index (χ4n) is 2.96. The highest BCUT2D eigenvalue weighted by Crippen LogP contribution is 2.35. The fraction of sp³-hybridized carbons (Fsp3) is 0.533. The second-order valence-corrected chi connectivity index (χ2v) is 5.99. The normalized spacial score (nSPS) is 24.0. The van der Waals surface area contributed by atoms with Gasteiger partial charge in [-0.1, -0.05) is 23.7 Å². The van der Waals surface area contributed by atoms with Gasteiger partial charge in [-0.3, -0.25) is 5.32 Å². The van der Waals surface area contributed by atoms with Gasteiger partial charge in [-0.2, -0.15) is 0 Å². The Labute approximate surface area is 128 Å². The maximum atomic E-state index is 11.9. The lowest BCUT2D eigenvalue weighted by Crippen LogP contribution is -2.41. The summed E-state index contributed by atoms with van der Waals surface area (Å²) in [5, 5.41) is 6.48. The maximum absolute atomic E-state index is 11.9. The largest absolute Gasteiger partial charge is 0.443 e. The molecule has 0 saturated carbocycles. The SMILES string of the molecule is O=C(Nc1ccccc1Cl)OC1COC2(CCNCC2)C1. The maximum Gasteiger partial charge on any atom is 0.412 e. The number of anilines is 1. The van der Waals surface area contributed by atoms with E-state index >= 15 is 0 Å². The predicted octanol–water partition coefficient (Wildman–Crippen LogP) is 2.80. The molecule has 0 aliphatic carbocycles. The molecule has 2 heterocycles. The molecule has 1 aromatic carbocycles. The van der Waals surface area contributed by atoms with Crippen molar-refractivity contribution in [2.75, 3.05) is 25.0 Å². The molecule has 2 N–H and O–H groups in total. The van der Waals surface area contributed by atoms with Crippen LogP contribution in [0.15, 0.2) is 24.3 Å². The van der Waals surface area contributed by atoms with E-state index in [1.54, 1.807) is 12.1 Å². The van der Waals surface area contributed by atoms with Gasteiger partial charge < -0.3 is 14.8 Å². The van der Waals surface area contributed by atoms with E-state index < -0.39 is 6.09 Å². The standard InChI is InChI=1S/C15H19ClN2O3/c16-12-3-1-2-4-13(12)18-14(19)21-11-9-15(20-10-11)5-7-17-8-6-15/h1-4,11,17H,5-10H2,(H,18,19). The van der Waals surface area contributed by atoms with Gasteiger partial charge >= 0.3 is 6.09 Å². The van der Waals surface area contributed by atoms with Crippen molar-refractivity contribution in [2.45, 2.75) is 31.0 Å². The number of nitrogens with one attached hydrogen (secondary N) is 2. The molecule has 0 radical (unpaired) electrons. The van der Waals surface area contributed by atoms with Gasteiger partial charge in [0.15, 0.2) is 0 Å². The highest BCUT2D eigenvalue weighted by Gasteiger charge is 2.42. The minimum Gasteiger partial charge on any atom is -0.443 e. The summed E-state index contributed by atoms with van der Waals surface area (Å²) in [7, 11) is 0. The molecule has 2 aliphatic rings.